The topological polar surface area (TPSA) is 59.2 Å². The highest BCUT2D eigenvalue weighted by molar-refractivity contribution is 5.98. The van der Waals surface area contributed by atoms with Crippen LogP contribution in [0.2, 0.25) is 0 Å². The highest BCUT2D eigenvalue weighted by Crippen LogP contribution is 2.46. The van der Waals surface area contributed by atoms with E-state index in [1.807, 2.05) is 6.07 Å². The molecule has 2 N–H and O–H groups in total. The maximum atomic E-state index is 13.9. The number of aromatic nitrogens is 1. The van der Waals surface area contributed by atoms with Crippen molar-refractivity contribution in [2.75, 3.05) is 18.0 Å². The van der Waals surface area contributed by atoms with Gasteiger partial charge in [-0.1, -0.05) is 34.6 Å². The van der Waals surface area contributed by atoms with Gasteiger partial charge >= 0.3 is 0 Å². The second kappa shape index (κ2) is 5.89. The first-order valence-electron chi connectivity index (χ1n) is 9.29. The van der Waals surface area contributed by atoms with Crippen LogP contribution in [0.3, 0.4) is 0 Å². The summed E-state index contributed by atoms with van der Waals surface area (Å²) in [6.07, 6.45) is 1.55. The van der Waals surface area contributed by atoms with E-state index in [1.165, 1.54) is 0 Å². The number of hydrogen-bond donors (Lipinski definition) is 1. The summed E-state index contributed by atoms with van der Waals surface area (Å²) in [5.41, 5.74) is 7.95. The highest BCUT2D eigenvalue weighted by atomic mass is 19.3. The zero-order valence-corrected chi connectivity index (χ0v) is 16.3. The van der Waals surface area contributed by atoms with Crippen molar-refractivity contribution in [2.24, 2.45) is 17.1 Å². The summed E-state index contributed by atoms with van der Waals surface area (Å²) in [4.78, 5) is 18.7. The van der Waals surface area contributed by atoms with Gasteiger partial charge in [0.15, 0.2) is 0 Å². The molecular weight excluding hydrogens is 336 g/mol. The van der Waals surface area contributed by atoms with Crippen molar-refractivity contribution in [3.05, 3.63) is 22.9 Å². The molecule has 0 saturated carbocycles. The summed E-state index contributed by atoms with van der Waals surface area (Å²) in [6, 6.07) is 1.85. The molecule has 1 amide bonds. The fourth-order valence-electron chi connectivity index (χ4n) is 4.77. The van der Waals surface area contributed by atoms with Crippen LogP contribution in [0, 0.1) is 11.3 Å². The van der Waals surface area contributed by atoms with Crippen LogP contribution in [0.15, 0.2) is 6.07 Å². The molecule has 0 bridgehead atoms. The van der Waals surface area contributed by atoms with Crippen LogP contribution in [-0.4, -0.2) is 29.9 Å². The number of fused-ring (bicyclic) bond motifs is 1. The molecule has 1 aliphatic heterocycles. The Morgan fingerprint density at radius 1 is 1.31 bits per heavy atom. The molecule has 144 valence electrons. The number of nitrogens with two attached hydrogens (primary N) is 1. The van der Waals surface area contributed by atoms with Crippen LogP contribution in [0.1, 0.15) is 69.1 Å². The van der Waals surface area contributed by atoms with Gasteiger partial charge in [-0.2, -0.15) is 0 Å². The third-order valence-corrected chi connectivity index (χ3v) is 5.87. The lowest BCUT2D eigenvalue weighted by atomic mass is 9.64. The molecule has 6 heteroatoms. The Kier molecular flexibility index (Phi) is 4.32. The molecular formula is C20H29F2N3O. The number of alkyl halides is 2. The van der Waals surface area contributed by atoms with Crippen LogP contribution < -0.4 is 10.6 Å². The summed E-state index contributed by atoms with van der Waals surface area (Å²) in [5.74, 6) is -3.56. The SMILES string of the molecule is CC1CN(c2nc3c(cc2C(N)=O)C(C)(C)CC(C)(C)C3)CCC1(F)F. The molecule has 1 saturated heterocycles. The van der Waals surface area contributed by atoms with Crippen molar-refractivity contribution in [1.29, 1.82) is 0 Å². The smallest absolute Gasteiger partial charge is 0.254 e. The molecule has 3 rings (SSSR count). The van der Waals surface area contributed by atoms with Gasteiger partial charge < -0.3 is 10.6 Å². The Hall–Kier alpha value is -1.72. The number of primary amides is 1. The number of pyridine rings is 1. The van der Waals surface area contributed by atoms with Crippen LogP contribution in [-0.2, 0) is 11.8 Å². The summed E-state index contributed by atoms with van der Waals surface area (Å²) >= 11 is 0. The van der Waals surface area contributed by atoms with Crippen molar-refractivity contribution >= 4 is 11.7 Å². The average molecular weight is 365 g/mol. The minimum Gasteiger partial charge on any atom is -0.365 e. The van der Waals surface area contributed by atoms with Crippen molar-refractivity contribution in [3.8, 4) is 0 Å². The quantitative estimate of drug-likeness (QED) is 0.864. The van der Waals surface area contributed by atoms with Crippen LogP contribution in [0.4, 0.5) is 14.6 Å². The second-order valence-corrected chi connectivity index (χ2v) is 9.48. The highest BCUT2D eigenvalue weighted by Gasteiger charge is 2.43. The first kappa shape index (κ1) is 19.1. The molecule has 26 heavy (non-hydrogen) atoms. The second-order valence-electron chi connectivity index (χ2n) is 9.48. The third kappa shape index (κ3) is 3.30. The maximum absolute atomic E-state index is 13.9. The Labute approximate surface area is 154 Å². The summed E-state index contributed by atoms with van der Waals surface area (Å²) in [5, 5.41) is 0. The first-order valence-corrected chi connectivity index (χ1v) is 9.29. The third-order valence-electron chi connectivity index (χ3n) is 5.87. The predicted molar refractivity (Wildman–Crippen MR) is 98.8 cm³/mol. The van der Waals surface area contributed by atoms with E-state index in [9.17, 15) is 13.6 Å². The van der Waals surface area contributed by atoms with E-state index in [1.54, 1.807) is 11.8 Å². The lowest BCUT2D eigenvalue weighted by Crippen LogP contribution is -2.47. The number of rotatable bonds is 2. The number of anilines is 1. The van der Waals surface area contributed by atoms with Gasteiger partial charge in [0.1, 0.15) is 5.82 Å². The van der Waals surface area contributed by atoms with Gasteiger partial charge in [0.25, 0.3) is 11.8 Å². The molecule has 2 aliphatic rings. The average Bonchev–Trinajstić information content (AvgIpc) is 2.46. The van der Waals surface area contributed by atoms with Gasteiger partial charge in [-0.05, 0) is 35.3 Å². The van der Waals surface area contributed by atoms with Crippen LogP contribution in [0.5, 0.6) is 0 Å². The van der Waals surface area contributed by atoms with Gasteiger partial charge in [0.05, 0.1) is 5.56 Å². The zero-order chi connectivity index (χ0) is 19.5. The monoisotopic (exact) mass is 365 g/mol. The van der Waals surface area contributed by atoms with Gasteiger partial charge in [0, 0.05) is 31.1 Å². The van der Waals surface area contributed by atoms with Crippen molar-refractivity contribution in [2.45, 2.75) is 65.2 Å². The van der Waals surface area contributed by atoms with Gasteiger partial charge in [-0.3, -0.25) is 4.79 Å². The Bertz CT molecular complexity index is 743. The van der Waals surface area contributed by atoms with Crippen molar-refractivity contribution in [1.82, 2.24) is 4.98 Å². The summed E-state index contributed by atoms with van der Waals surface area (Å²) < 4.78 is 27.8. The fraction of sp³-hybridized carbons (Fsp3) is 0.700. The normalized spacial score (nSPS) is 26.3. The van der Waals surface area contributed by atoms with Gasteiger partial charge in [-0.25, -0.2) is 13.8 Å². The molecule has 2 heterocycles. The zero-order valence-electron chi connectivity index (χ0n) is 16.3. The molecule has 4 nitrogen and oxygen atoms in total. The van der Waals surface area contributed by atoms with Crippen LogP contribution in [0.25, 0.3) is 0 Å². The lowest BCUT2D eigenvalue weighted by molar-refractivity contribution is -0.0652. The summed E-state index contributed by atoms with van der Waals surface area (Å²) in [6.45, 7) is 10.6. The standard InChI is InChI=1S/C20H29F2N3O/c1-12-10-25(7-6-20(12,21)22)17-13(16(23)26)8-14-15(24-17)9-18(2,3)11-19(14,4)5/h8,12H,6-7,9-11H2,1-5H3,(H2,23,26). The molecule has 1 fully saturated rings. The lowest BCUT2D eigenvalue weighted by Gasteiger charge is -2.43. The Morgan fingerprint density at radius 3 is 2.54 bits per heavy atom. The van der Waals surface area contributed by atoms with Gasteiger partial charge in [-0.15, -0.1) is 0 Å². The van der Waals surface area contributed by atoms with Crippen molar-refractivity contribution in [3.63, 3.8) is 0 Å². The molecule has 1 aliphatic carbocycles. The molecule has 1 aromatic heterocycles. The molecule has 1 unspecified atom stereocenters. The Balaban J connectivity index is 2.08. The number of hydrogen-bond acceptors (Lipinski definition) is 3. The minimum absolute atomic E-state index is 0.0945. The first-order chi connectivity index (χ1) is 11.8. The van der Waals surface area contributed by atoms with Crippen LogP contribution >= 0.6 is 0 Å². The summed E-state index contributed by atoms with van der Waals surface area (Å²) in [7, 11) is 0. The number of halogens is 2. The number of piperidine rings is 1. The van der Waals surface area contributed by atoms with E-state index in [0.717, 1.165) is 24.1 Å². The number of carbonyl (C=O) groups excluding carboxylic acids is 1. The number of amides is 1. The number of nitrogens with zero attached hydrogens (tertiary/aromatic N) is 2. The molecule has 0 spiro atoms. The van der Waals surface area contributed by atoms with E-state index in [2.05, 4.69) is 27.7 Å². The molecule has 0 aromatic carbocycles. The van der Waals surface area contributed by atoms with E-state index >= 15 is 0 Å². The van der Waals surface area contributed by atoms with Gasteiger partial charge in [0.2, 0.25) is 0 Å². The van der Waals surface area contributed by atoms with E-state index in [4.69, 9.17) is 10.7 Å². The van der Waals surface area contributed by atoms with E-state index < -0.39 is 17.7 Å². The number of carbonyl (C=O) groups is 1. The maximum Gasteiger partial charge on any atom is 0.254 e. The molecule has 0 radical (unpaired) electrons. The van der Waals surface area contributed by atoms with E-state index in [0.29, 0.717) is 11.4 Å². The molecule has 1 atom stereocenters. The largest absolute Gasteiger partial charge is 0.365 e. The minimum atomic E-state index is -2.68. The van der Waals surface area contributed by atoms with Crippen molar-refractivity contribution < 1.29 is 13.6 Å². The predicted octanol–water partition coefficient (Wildman–Crippen LogP) is 3.91. The Morgan fingerprint density at radius 2 is 1.96 bits per heavy atom. The molecule has 1 aromatic rings. The fourth-order valence-corrected chi connectivity index (χ4v) is 4.77. The van der Waals surface area contributed by atoms with E-state index in [-0.39, 0.29) is 30.3 Å².